The second-order valence-corrected chi connectivity index (χ2v) is 17.9. The van der Waals surface area contributed by atoms with Crippen LogP contribution in [0.4, 0.5) is 0 Å². The molecule has 0 unspecified atom stereocenters. The number of carbonyl (C=O) groups excluding carboxylic acids is 2. The number of ketones is 1. The number of ether oxygens (including phenoxy) is 1. The predicted molar refractivity (Wildman–Crippen MR) is 199 cm³/mol. The molecule has 3 aromatic carbocycles. The molecule has 3 aromatic rings. The molecule has 0 spiro atoms. The number of rotatable bonds is 16. The second-order valence-electron chi connectivity index (χ2n) is 10.8. The quantitative estimate of drug-likeness (QED) is 0.0278. The lowest BCUT2D eigenvalue weighted by atomic mass is 9.97. The molecule has 0 aliphatic carbocycles. The number of hydrogen-bond donors (Lipinski definition) is 0. The van der Waals surface area contributed by atoms with Crippen LogP contribution in [0.25, 0.3) is 5.41 Å². The number of unbranched alkanes of at least 4 members (excludes halogenated alkanes) is 3. The van der Waals surface area contributed by atoms with E-state index in [-0.39, 0.29) is 11.4 Å². The number of halogens is 4. The molecular weight excluding hydrogens is 712 g/mol. The van der Waals surface area contributed by atoms with Gasteiger partial charge in [0.1, 0.15) is 11.4 Å². The van der Waals surface area contributed by atoms with Gasteiger partial charge in [-0.1, -0.05) is 139 Å². The molecule has 0 saturated heterocycles. The van der Waals surface area contributed by atoms with Crippen molar-refractivity contribution in [2.75, 3.05) is 18.5 Å². The van der Waals surface area contributed by atoms with Crippen molar-refractivity contribution in [1.29, 1.82) is 0 Å². The van der Waals surface area contributed by atoms with Gasteiger partial charge in [0.25, 0.3) is 0 Å². The van der Waals surface area contributed by atoms with Crippen LogP contribution in [0.5, 0.6) is 5.75 Å². The first-order valence-electron chi connectivity index (χ1n) is 15.3. The van der Waals surface area contributed by atoms with Crippen LogP contribution >= 0.6 is 58.0 Å². The van der Waals surface area contributed by atoms with Gasteiger partial charge in [-0.2, -0.15) is 0 Å². The standard InChI is InChI=1S/C35H41BrNO3P.CHCl3/c1-4-7-23-41(24-8-5-2,25-9-6-3)34(31(26-37)33(38)27-15-11-10-12-16-27)30-17-13-14-18-32(30)40-35(39)28-19-21-29(36)22-20-28;2-1(3)4/h10-22,34H,4-9,23-25H2,1-3H3;1H/t34-;/m0./s1. The number of nitrogens with zero attached hydrogens (tertiary/aromatic N) is 1. The third kappa shape index (κ3) is 12.3. The fourth-order valence-corrected chi connectivity index (χ4v) is 11.5. The average Bonchev–Trinajstić information content (AvgIpc) is 3.04. The summed E-state index contributed by atoms with van der Waals surface area (Å²) < 4.78 is 6.20. The zero-order valence-corrected chi connectivity index (χ0v) is 30.9. The number of carbonyl (C=O) groups is 2. The van der Waals surface area contributed by atoms with Gasteiger partial charge in [0.15, 0.2) is 10.1 Å². The van der Waals surface area contributed by atoms with Crippen molar-refractivity contribution in [2.24, 2.45) is 0 Å². The van der Waals surface area contributed by atoms with E-state index in [2.05, 4.69) is 42.6 Å². The fraction of sp³-hybridized carbons (Fsp3) is 0.389. The number of benzene rings is 3. The van der Waals surface area contributed by atoms with E-state index in [9.17, 15) is 15.0 Å². The predicted octanol–water partition coefficient (Wildman–Crippen LogP) is 12.2. The van der Waals surface area contributed by atoms with Gasteiger partial charge in [0.05, 0.1) is 29.6 Å². The van der Waals surface area contributed by atoms with Crippen molar-refractivity contribution in [2.45, 2.75) is 69.3 Å². The van der Waals surface area contributed by atoms with E-state index in [1.807, 2.05) is 48.5 Å². The lowest BCUT2D eigenvalue weighted by molar-refractivity contribution is 0.0733. The maximum atomic E-state index is 14.1. The van der Waals surface area contributed by atoms with E-state index in [0.717, 1.165) is 67.0 Å². The Morgan fingerprint density at radius 1 is 0.778 bits per heavy atom. The van der Waals surface area contributed by atoms with E-state index in [0.29, 0.717) is 16.9 Å². The van der Waals surface area contributed by atoms with Gasteiger partial charge in [-0.05, 0) is 49.6 Å². The van der Waals surface area contributed by atoms with Gasteiger partial charge in [-0.15, -0.1) is 0 Å². The van der Waals surface area contributed by atoms with Gasteiger partial charge in [0, 0.05) is 22.9 Å². The Kier molecular flexibility index (Phi) is 18.3. The van der Waals surface area contributed by atoms with Crippen LogP contribution in [0.3, 0.4) is 0 Å². The van der Waals surface area contributed by atoms with Gasteiger partial charge in [0.2, 0.25) is 0 Å². The van der Waals surface area contributed by atoms with Gasteiger partial charge < -0.3 is 10.1 Å². The fourth-order valence-electron chi connectivity index (χ4n) is 5.39. The molecule has 3 rings (SSSR count). The van der Waals surface area contributed by atoms with Crippen LogP contribution in [0.15, 0.2) is 88.9 Å². The summed E-state index contributed by atoms with van der Waals surface area (Å²) in [4.78, 5) is 27.4. The summed E-state index contributed by atoms with van der Waals surface area (Å²) in [5.74, 6) is 2.13. The molecule has 0 radical (unpaired) electrons. The number of allylic oxidation sites excluding steroid dienone is 1. The largest absolute Gasteiger partial charge is 0.763 e. The van der Waals surface area contributed by atoms with Crippen LogP contribution in [0.1, 0.15) is 91.2 Å². The number of hydrogen-bond acceptors (Lipinski definition) is 3. The average molecular weight is 754 g/mol. The monoisotopic (exact) mass is 751 g/mol. The minimum Gasteiger partial charge on any atom is -0.763 e. The molecule has 242 valence electrons. The minimum atomic E-state index is -1.95. The van der Waals surface area contributed by atoms with E-state index in [1.54, 1.807) is 30.3 Å². The summed E-state index contributed by atoms with van der Waals surface area (Å²) >= 11 is 17.8. The van der Waals surface area contributed by atoms with Crippen molar-refractivity contribution in [1.82, 2.24) is 0 Å². The summed E-state index contributed by atoms with van der Waals surface area (Å²) in [6.07, 6.45) is 9.23. The lowest BCUT2D eigenvalue weighted by Gasteiger charge is -2.37. The summed E-state index contributed by atoms with van der Waals surface area (Å²) in [6.45, 7) is 6.59. The SMILES string of the molecule is CCCC[P+](CCCC)(CCCC)[C@H](C(=C=[N-])C(=O)c1ccccc1)c1ccccc1OC(=O)c1ccc(Br)cc1.ClC(Cl)Cl. The van der Waals surface area contributed by atoms with Crippen molar-refractivity contribution in [3.63, 3.8) is 0 Å². The second kappa shape index (κ2) is 21.0. The van der Waals surface area contributed by atoms with Crippen LogP contribution in [0.2, 0.25) is 0 Å². The Bertz CT molecular complexity index is 1370. The van der Waals surface area contributed by atoms with Crippen molar-refractivity contribution in [3.05, 3.63) is 111 Å². The molecule has 0 heterocycles. The topological polar surface area (TPSA) is 65.7 Å². The first kappa shape index (κ1) is 39.2. The van der Waals surface area contributed by atoms with Crippen LogP contribution in [0, 0.1) is 0 Å². The molecule has 45 heavy (non-hydrogen) atoms. The van der Waals surface area contributed by atoms with Gasteiger partial charge in [-0.25, -0.2) is 4.79 Å². The highest BCUT2D eigenvalue weighted by Crippen LogP contribution is 2.74. The Balaban J connectivity index is 0.00000166. The zero-order valence-electron chi connectivity index (χ0n) is 26.2. The molecule has 9 heteroatoms. The maximum absolute atomic E-state index is 14.1. The molecule has 0 amide bonds. The first-order chi connectivity index (χ1) is 21.6. The van der Waals surface area contributed by atoms with Crippen LogP contribution in [-0.4, -0.2) is 40.4 Å². The molecule has 0 bridgehead atoms. The highest BCUT2D eigenvalue weighted by Gasteiger charge is 2.49. The van der Waals surface area contributed by atoms with Gasteiger partial charge >= 0.3 is 5.97 Å². The number of alkyl halides is 3. The molecule has 0 aliphatic rings. The molecule has 0 N–H and O–H groups in total. The van der Waals surface area contributed by atoms with E-state index in [4.69, 9.17) is 39.5 Å². The van der Waals surface area contributed by atoms with Crippen molar-refractivity contribution >= 4 is 75.6 Å². The Hall–Kier alpha value is -1.97. The third-order valence-electron chi connectivity index (χ3n) is 7.59. The molecular formula is C36H42BrCl3NO3P. The number of para-hydroxylation sites is 1. The zero-order chi connectivity index (χ0) is 33.2. The van der Waals surface area contributed by atoms with E-state index in [1.165, 1.54) is 0 Å². The maximum Gasteiger partial charge on any atom is 0.343 e. The number of esters is 1. The Morgan fingerprint density at radius 2 is 1.27 bits per heavy atom. The number of Topliss-reactive ketones (excluding diaryl/α,β-unsaturated/α-hetero) is 1. The van der Waals surface area contributed by atoms with E-state index < -0.39 is 23.2 Å². The third-order valence-corrected chi connectivity index (χ3v) is 13.4. The summed E-state index contributed by atoms with van der Waals surface area (Å²) in [5.41, 5.74) is 1.58. The molecule has 0 fully saturated rings. The van der Waals surface area contributed by atoms with Crippen LogP contribution in [-0.2, 0) is 0 Å². The smallest absolute Gasteiger partial charge is 0.343 e. The minimum absolute atomic E-state index is 0.235. The molecule has 0 aromatic heterocycles. The van der Waals surface area contributed by atoms with Crippen molar-refractivity contribution in [3.8, 4) is 5.75 Å². The summed E-state index contributed by atoms with van der Waals surface area (Å²) in [5, 5.41) is 10.7. The molecule has 0 aliphatic heterocycles. The van der Waals surface area contributed by atoms with Crippen molar-refractivity contribution < 1.29 is 14.3 Å². The lowest BCUT2D eigenvalue weighted by Crippen LogP contribution is -2.23. The first-order valence-corrected chi connectivity index (χ1v) is 19.9. The molecule has 0 saturated carbocycles. The van der Waals surface area contributed by atoms with Crippen LogP contribution < -0.4 is 4.74 Å². The van der Waals surface area contributed by atoms with E-state index >= 15 is 0 Å². The molecule has 4 nitrogen and oxygen atoms in total. The van der Waals surface area contributed by atoms with Gasteiger partial charge in [-0.3, -0.25) is 10.7 Å². The highest BCUT2D eigenvalue weighted by atomic mass is 79.9. The Morgan fingerprint density at radius 3 is 1.76 bits per heavy atom. The Labute approximate surface area is 292 Å². The normalized spacial score (nSPS) is 11.6. The summed E-state index contributed by atoms with van der Waals surface area (Å²) in [6, 6.07) is 23.7. The highest BCUT2D eigenvalue weighted by molar-refractivity contribution is 9.10. The summed E-state index contributed by atoms with van der Waals surface area (Å²) in [7, 11) is -1.95. The molecule has 1 atom stereocenters.